The maximum atomic E-state index is 5.86. The number of aromatic nitrogens is 3. The molecule has 2 heterocycles. The van der Waals surface area contributed by atoms with E-state index in [4.69, 9.17) is 5.73 Å². The summed E-state index contributed by atoms with van der Waals surface area (Å²) in [5.74, 6) is 0.530. The highest BCUT2D eigenvalue weighted by atomic mass is 32.1. The number of nitrogens with two attached hydrogens (primary N) is 1. The van der Waals surface area contributed by atoms with Gasteiger partial charge in [0.05, 0.1) is 12.2 Å². The van der Waals surface area contributed by atoms with E-state index in [2.05, 4.69) is 47.9 Å². The summed E-state index contributed by atoms with van der Waals surface area (Å²) >= 11 is 1.69. The number of hydrogen-bond donors (Lipinski definition) is 1. The zero-order valence-corrected chi connectivity index (χ0v) is 10.6. The van der Waals surface area contributed by atoms with Crippen LogP contribution >= 0.6 is 11.3 Å². The minimum Gasteiger partial charge on any atom is -0.381 e. The Hall–Kier alpha value is -1.36. The van der Waals surface area contributed by atoms with Gasteiger partial charge in [-0.2, -0.15) is 11.3 Å². The van der Waals surface area contributed by atoms with Crippen molar-refractivity contribution in [3.05, 3.63) is 28.1 Å². The molecule has 2 rings (SSSR count). The first kappa shape index (κ1) is 11.1. The van der Waals surface area contributed by atoms with Gasteiger partial charge in [0.1, 0.15) is 0 Å². The van der Waals surface area contributed by atoms with Gasteiger partial charge in [-0.1, -0.05) is 26.0 Å². The Morgan fingerprint density at radius 1 is 1.44 bits per heavy atom. The van der Waals surface area contributed by atoms with Crippen molar-refractivity contribution < 1.29 is 0 Å². The van der Waals surface area contributed by atoms with E-state index in [9.17, 15) is 0 Å². The Bertz CT molecular complexity index is 465. The van der Waals surface area contributed by atoms with E-state index in [-0.39, 0.29) is 5.41 Å². The molecule has 0 bridgehead atoms. The van der Waals surface area contributed by atoms with Crippen LogP contribution in [0.5, 0.6) is 0 Å². The molecule has 4 nitrogen and oxygen atoms in total. The van der Waals surface area contributed by atoms with Crippen molar-refractivity contribution in [1.82, 2.24) is 15.0 Å². The standard InChI is InChI=1S/C11H16N4S/c1-11(2,3)9-10(12)13-14-15(9)6-8-4-5-16-7-8/h4-5,7H,6,12H2,1-3H3. The van der Waals surface area contributed by atoms with E-state index in [1.807, 2.05) is 4.68 Å². The van der Waals surface area contributed by atoms with Crippen LogP contribution in [0.4, 0.5) is 5.82 Å². The average Bonchev–Trinajstić information content (AvgIpc) is 2.75. The maximum absolute atomic E-state index is 5.86. The number of anilines is 1. The molecule has 5 heteroatoms. The van der Waals surface area contributed by atoms with Crippen molar-refractivity contribution in [2.75, 3.05) is 5.73 Å². The third-order valence-corrected chi connectivity index (χ3v) is 3.12. The van der Waals surface area contributed by atoms with E-state index in [1.54, 1.807) is 11.3 Å². The van der Waals surface area contributed by atoms with Crippen LogP contribution in [0.1, 0.15) is 32.0 Å². The Labute approximate surface area is 99.1 Å². The zero-order valence-electron chi connectivity index (χ0n) is 9.77. The maximum Gasteiger partial charge on any atom is 0.169 e. The predicted molar refractivity (Wildman–Crippen MR) is 66.6 cm³/mol. The molecule has 0 amide bonds. The SMILES string of the molecule is CC(C)(C)c1c(N)nnn1Cc1ccsc1. The van der Waals surface area contributed by atoms with Crippen molar-refractivity contribution in [3.63, 3.8) is 0 Å². The molecule has 0 atom stereocenters. The molecule has 0 spiro atoms. The lowest BCUT2D eigenvalue weighted by Crippen LogP contribution is -2.20. The molecule has 16 heavy (non-hydrogen) atoms. The van der Waals surface area contributed by atoms with Crippen LogP contribution in [0.2, 0.25) is 0 Å². The molecule has 0 radical (unpaired) electrons. The first-order valence-corrected chi connectivity index (χ1v) is 6.13. The van der Waals surface area contributed by atoms with E-state index >= 15 is 0 Å². The molecule has 0 unspecified atom stereocenters. The highest BCUT2D eigenvalue weighted by Crippen LogP contribution is 2.26. The van der Waals surface area contributed by atoms with Crippen LogP contribution in [-0.2, 0) is 12.0 Å². The summed E-state index contributed by atoms with van der Waals surface area (Å²) in [6.45, 7) is 7.09. The molecule has 0 aliphatic rings. The second kappa shape index (κ2) is 3.90. The molecule has 86 valence electrons. The van der Waals surface area contributed by atoms with Crippen LogP contribution in [0, 0.1) is 0 Å². The van der Waals surface area contributed by atoms with Crippen molar-refractivity contribution in [2.24, 2.45) is 0 Å². The van der Waals surface area contributed by atoms with E-state index in [0.29, 0.717) is 5.82 Å². The predicted octanol–water partition coefficient (Wildman–Crippen LogP) is 2.27. The van der Waals surface area contributed by atoms with Gasteiger partial charge >= 0.3 is 0 Å². The smallest absolute Gasteiger partial charge is 0.169 e. The summed E-state index contributed by atoms with van der Waals surface area (Å²) in [5.41, 5.74) is 8.06. The quantitative estimate of drug-likeness (QED) is 0.870. The van der Waals surface area contributed by atoms with Gasteiger partial charge in [-0.15, -0.1) is 5.10 Å². The molecular weight excluding hydrogens is 220 g/mol. The Morgan fingerprint density at radius 2 is 2.19 bits per heavy atom. The van der Waals surface area contributed by atoms with Crippen LogP contribution in [0.15, 0.2) is 16.8 Å². The van der Waals surface area contributed by atoms with Crippen molar-refractivity contribution >= 4 is 17.2 Å². The number of hydrogen-bond acceptors (Lipinski definition) is 4. The third kappa shape index (κ3) is 2.09. The normalized spacial score (nSPS) is 11.9. The monoisotopic (exact) mass is 236 g/mol. The molecule has 0 fully saturated rings. The van der Waals surface area contributed by atoms with E-state index in [1.165, 1.54) is 5.56 Å². The van der Waals surface area contributed by atoms with Crippen LogP contribution in [0.25, 0.3) is 0 Å². The highest BCUT2D eigenvalue weighted by molar-refractivity contribution is 7.07. The summed E-state index contributed by atoms with van der Waals surface area (Å²) in [4.78, 5) is 0. The Kier molecular flexibility index (Phi) is 2.71. The van der Waals surface area contributed by atoms with Gasteiger partial charge in [-0.25, -0.2) is 4.68 Å². The minimum atomic E-state index is -0.0381. The summed E-state index contributed by atoms with van der Waals surface area (Å²) < 4.78 is 1.89. The Morgan fingerprint density at radius 3 is 2.75 bits per heavy atom. The topological polar surface area (TPSA) is 56.7 Å². The van der Waals surface area contributed by atoms with Gasteiger partial charge in [0, 0.05) is 5.41 Å². The van der Waals surface area contributed by atoms with Crippen LogP contribution < -0.4 is 5.73 Å². The number of thiophene rings is 1. The van der Waals surface area contributed by atoms with Crippen LogP contribution in [0.3, 0.4) is 0 Å². The van der Waals surface area contributed by atoms with Crippen LogP contribution in [-0.4, -0.2) is 15.0 Å². The van der Waals surface area contributed by atoms with Gasteiger partial charge in [0.15, 0.2) is 5.82 Å². The van der Waals surface area contributed by atoms with Gasteiger partial charge in [-0.05, 0) is 22.4 Å². The highest BCUT2D eigenvalue weighted by Gasteiger charge is 2.23. The van der Waals surface area contributed by atoms with Crippen molar-refractivity contribution in [2.45, 2.75) is 32.7 Å². The molecule has 0 aliphatic carbocycles. The molecule has 0 aliphatic heterocycles. The molecule has 2 aromatic heterocycles. The minimum absolute atomic E-state index is 0.0381. The van der Waals surface area contributed by atoms with E-state index in [0.717, 1.165) is 12.2 Å². The first-order valence-electron chi connectivity index (χ1n) is 5.19. The van der Waals surface area contributed by atoms with Gasteiger partial charge in [0.2, 0.25) is 0 Å². The van der Waals surface area contributed by atoms with E-state index < -0.39 is 0 Å². The molecule has 2 N–H and O–H groups in total. The molecule has 2 aromatic rings. The first-order chi connectivity index (χ1) is 7.48. The fourth-order valence-corrected chi connectivity index (χ4v) is 2.42. The molecule has 0 saturated heterocycles. The van der Waals surface area contributed by atoms with Gasteiger partial charge in [0.25, 0.3) is 0 Å². The lowest BCUT2D eigenvalue weighted by atomic mass is 9.92. The number of nitrogens with zero attached hydrogens (tertiary/aromatic N) is 3. The number of nitrogen functional groups attached to an aromatic ring is 1. The third-order valence-electron chi connectivity index (χ3n) is 2.38. The van der Waals surface area contributed by atoms with Gasteiger partial charge < -0.3 is 5.73 Å². The summed E-state index contributed by atoms with van der Waals surface area (Å²) in [5, 5.41) is 12.2. The number of rotatable bonds is 2. The van der Waals surface area contributed by atoms with Gasteiger partial charge in [-0.3, -0.25) is 0 Å². The molecule has 0 aromatic carbocycles. The summed E-state index contributed by atoms with van der Waals surface area (Å²) in [6, 6.07) is 2.09. The Balaban J connectivity index is 2.35. The second-order valence-electron chi connectivity index (χ2n) is 4.86. The average molecular weight is 236 g/mol. The largest absolute Gasteiger partial charge is 0.381 e. The van der Waals surface area contributed by atoms with Crippen molar-refractivity contribution in [1.29, 1.82) is 0 Å². The fraction of sp³-hybridized carbons (Fsp3) is 0.455. The zero-order chi connectivity index (χ0) is 11.8. The second-order valence-corrected chi connectivity index (χ2v) is 5.64. The summed E-state index contributed by atoms with van der Waals surface area (Å²) in [7, 11) is 0. The summed E-state index contributed by atoms with van der Waals surface area (Å²) in [6.07, 6.45) is 0. The lowest BCUT2D eigenvalue weighted by Gasteiger charge is -2.19. The molecular formula is C11H16N4S. The lowest BCUT2D eigenvalue weighted by molar-refractivity contribution is 0.503. The van der Waals surface area contributed by atoms with Crippen molar-refractivity contribution in [3.8, 4) is 0 Å². The fourth-order valence-electron chi connectivity index (χ4n) is 1.76. The molecule has 0 saturated carbocycles.